The third-order valence-corrected chi connectivity index (χ3v) is 3.45. The van der Waals surface area contributed by atoms with Gasteiger partial charge in [-0.1, -0.05) is 17.7 Å². The Hall–Kier alpha value is -1.49. The van der Waals surface area contributed by atoms with Gasteiger partial charge in [-0.3, -0.25) is 0 Å². The van der Waals surface area contributed by atoms with E-state index in [1.165, 1.54) is 29.7 Å². The largest absolute Gasteiger partial charge is 0.384 e. The van der Waals surface area contributed by atoms with Crippen molar-refractivity contribution in [1.29, 1.82) is 5.26 Å². The Morgan fingerprint density at radius 2 is 2.12 bits per heavy atom. The van der Waals surface area contributed by atoms with Gasteiger partial charge >= 0.3 is 0 Å². The number of nitriles is 1. The van der Waals surface area contributed by atoms with Crippen LogP contribution in [0.25, 0.3) is 0 Å². The lowest BCUT2D eigenvalue weighted by Crippen LogP contribution is -2.15. The summed E-state index contributed by atoms with van der Waals surface area (Å²) in [6.07, 6.45) is 3.07. The summed E-state index contributed by atoms with van der Waals surface area (Å²) in [7, 11) is 0. The van der Waals surface area contributed by atoms with Crippen LogP contribution in [0.5, 0.6) is 0 Å². The Labute approximate surface area is 97.3 Å². The Bertz CT molecular complexity index is 425. The topological polar surface area (TPSA) is 35.8 Å². The number of anilines is 1. The molecule has 1 fully saturated rings. The summed E-state index contributed by atoms with van der Waals surface area (Å²) in [5.74, 6) is 0. The summed E-state index contributed by atoms with van der Waals surface area (Å²) < 4.78 is 0. The van der Waals surface area contributed by atoms with E-state index < -0.39 is 0 Å². The minimum absolute atomic E-state index is 0.270. The van der Waals surface area contributed by atoms with Gasteiger partial charge in [0.2, 0.25) is 0 Å². The minimum Gasteiger partial charge on any atom is -0.384 e. The minimum atomic E-state index is 0.270. The fourth-order valence-electron chi connectivity index (χ4n) is 2.06. The van der Waals surface area contributed by atoms with Gasteiger partial charge in [0.25, 0.3) is 0 Å². The molecule has 1 aromatic carbocycles. The number of hydrogen-bond acceptors (Lipinski definition) is 2. The average molecular weight is 214 g/mol. The van der Waals surface area contributed by atoms with Gasteiger partial charge < -0.3 is 5.32 Å². The lowest BCUT2D eigenvalue weighted by atomic mass is 10.0. The van der Waals surface area contributed by atoms with Crippen molar-refractivity contribution in [3.8, 4) is 6.07 Å². The summed E-state index contributed by atoms with van der Waals surface area (Å²) in [6, 6.07) is 8.73. The van der Waals surface area contributed by atoms with Crippen LogP contribution in [0.4, 0.5) is 5.69 Å². The highest BCUT2D eigenvalue weighted by Crippen LogP contribution is 2.48. The second kappa shape index (κ2) is 4.17. The summed E-state index contributed by atoms with van der Waals surface area (Å²) in [5, 5.41) is 12.2. The quantitative estimate of drug-likeness (QED) is 0.833. The van der Waals surface area contributed by atoms with Crippen LogP contribution in [0.15, 0.2) is 18.2 Å². The van der Waals surface area contributed by atoms with E-state index in [9.17, 15) is 0 Å². The van der Waals surface area contributed by atoms with Crippen molar-refractivity contribution < 1.29 is 0 Å². The van der Waals surface area contributed by atoms with E-state index in [-0.39, 0.29) is 5.41 Å². The van der Waals surface area contributed by atoms with Crippen LogP contribution in [0.2, 0.25) is 0 Å². The van der Waals surface area contributed by atoms with Gasteiger partial charge in [-0.05, 0) is 38.3 Å². The Morgan fingerprint density at radius 1 is 1.38 bits per heavy atom. The molecule has 0 amide bonds. The molecule has 1 N–H and O–H groups in total. The maximum absolute atomic E-state index is 8.75. The maximum Gasteiger partial charge on any atom is 0.0628 e. The first-order chi connectivity index (χ1) is 7.65. The van der Waals surface area contributed by atoms with Gasteiger partial charge in [0.1, 0.15) is 0 Å². The molecular formula is C14H18N2. The van der Waals surface area contributed by atoms with Crippen molar-refractivity contribution in [3.63, 3.8) is 0 Å². The van der Waals surface area contributed by atoms with Crippen LogP contribution >= 0.6 is 0 Å². The Morgan fingerprint density at radius 3 is 2.69 bits per heavy atom. The molecule has 84 valence electrons. The SMILES string of the molecule is Cc1ccc(NCC2(CC#N)CC2)c(C)c1. The predicted octanol–water partition coefficient (Wildman–Crippen LogP) is 3.41. The molecule has 0 heterocycles. The van der Waals surface area contributed by atoms with Crippen molar-refractivity contribution >= 4 is 5.69 Å². The van der Waals surface area contributed by atoms with E-state index in [1.54, 1.807) is 0 Å². The molecule has 0 spiro atoms. The van der Waals surface area contributed by atoms with Crippen LogP contribution in [-0.4, -0.2) is 6.54 Å². The van der Waals surface area contributed by atoms with Gasteiger partial charge in [0.05, 0.1) is 6.07 Å². The van der Waals surface area contributed by atoms with Gasteiger partial charge in [0.15, 0.2) is 0 Å². The molecule has 0 atom stereocenters. The number of nitrogens with zero attached hydrogens (tertiary/aromatic N) is 1. The molecule has 1 saturated carbocycles. The van der Waals surface area contributed by atoms with Crippen molar-refractivity contribution in [2.75, 3.05) is 11.9 Å². The van der Waals surface area contributed by atoms with Crippen LogP contribution in [0.3, 0.4) is 0 Å². The molecule has 1 aromatic rings. The number of hydrogen-bond donors (Lipinski definition) is 1. The molecule has 2 rings (SSSR count). The molecule has 0 aliphatic heterocycles. The molecule has 0 bridgehead atoms. The first kappa shape index (κ1) is 11.0. The van der Waals surface area contributed by atoms with Gasteiger partial charge in [0, 0.05) is 24.1 Å². The number of benzene rings is 1. The van der Waals surface area contributed by atoms with E-state index in [1.807, 2.05) is 0 Å². The van der Waals surface area contributed by atoms with Crippen LogP contribution in [0.1, 0.15) is 30.4 Å². The third-order valence-electron chi connectivity index (χ3n) is 3.45. The molecule has 2 nitrogen and oxygen atoms in total. The highest BCUT2D eigenvalue weighted by atomic mass is 14.9. The highest BCUT2D eigenvalue weighted by molar-refractivity contribution is 5.52. The maximum atomic E-state index is 8.75. The zero-order valence-corrected chi connectivity index (χ0v) is 10.0. The van der Waals surface area contributed by atoms with E-state index in [0.717, 1.165) is 6.54 Å². The second-order valence-electron chi connectivity index (χ2n) is 5.01. The predicted molar refractivity (Wildman–Crippen MR) is 66.3 cm³/mol. The Balaban J connectivity index is 1.98. The molecule has 0 saturated heterocycles. The Kier molecular flexibility index (Phi) is 2.87. The van der Waals surface area contributed by atoms with Gasteiger partial charge in [-0.25, -0.2) is 0 Å². The van der Waals surface area contributed by atoms with Crippen LogP contribution < -0.4 is 5.32 Å². The van der Waals surface area contributed by atoms with E-state index in [2.05, 4.69) is 43.4 Å². The molecule has 1 aliphatic rings. The summed E-state index contributed by atoms with van der Waals surface area (Å²) in [6.45, 7) is 5.17. The smallest absolute Gasteiger partial charge is 0.0628 e. The van der Waals surface area contributed by atoms with Crippen LogP contribution in [0, 0.1) is 30.6 Å². The van der Waals surface area contributed by atoms with Crippen molar-refractivity contribution in [2.24, 2.45) is 5.41 Å². The van der Waals surface area contributed by atoms with Gasteiger partial charge in [-0.2, -0.15) is 5.26 Å². The van der Waals surface area contributed by atoms with Gasteiger partial charge in [-0.15, -0.1) is 0 Å². The van der Waals surface area contributed by atoms with Crippen molar-refractivity contribution in [3.05, 3.63) is 29.3 Å². The average Bonchev–Trinajstić information content (AvgIpc) is 2.98. The summed E-state index contributed by atoms with van der Waals surface area (Å²) >= 11 is 0. The first-order valence-electron chi connectivity index (χ1n) is 5.83. The highest BCUT2D eigenvalue weighted by Gasteiger charge is 2.42. The summed E-state index contributed by atoms with van der Waals surface area (Å²) in [4.78, 5) is 0. The van der Waals surface area contributed by atoms with E-state index in [4.69, 9.17) is 5.26 Å². The fourth-order valence-corrected chi connectivity index (χ4v) is 2.06. The third kappa shape index (κ3) is 2.36. The second-order valence-corrected chi connectivity index (χ2v) is 5.01. The summed E-state index contributed by atoms with van der Waals surface area (Å²) in [5.41, 5.74) is 4.05. The van der Waals surface area contributed by atoms with E-state index in [0.29, 0.717) is 6.42 Å². The molecule has 0 aromatic heterocycles. The van der Waals surface area contributed by atoms with Crippen molar-refractivity contribution in [1.82, 2.24) is 0 Å². The molecule has 2 heteroatoms. The van der Waals surface area contributed by atoms with Crippen molar-refractivity contribution in [2.45, 2.75) is 33.1 Å². The lowest BCUT2D eigenvalue weighted by Gasteiger charge is -2.15. The monoisotopic (exact) mass is 214 g/mol. The van der Waals surface area contributed by atoms with E-state index >= 15 is 0 Å². The van der Waals surface area contributed by atoms with Crippen LogP contribution in [-0.2, 0) is 0 Å². The normalized spacial score (nSPS) is 16.6. The first-order valence-corrected chi connectivity index (χ1v) is 5.83. The molecule has 1 aliphatic carbocycles. The molecular weight excluding hydrogens is 196 g/mol. The zero-order chi connectivity index (χ0) is 11.6. The number of aryl methyl sites for hydroxylation is 2. The standard InChI is InChI=1S/C14H18N2/c1-11-3-4-13(12(2)9-11)16-10-14(5-6-14)7-8-15/h3-4,9,16H,5-7,10H2,1-2H3. The number of nitrogens with one attached hydrogen (secondary N) is 1. The lowest BCUT2D eigenvalue weighted by molar-refractivity contribution is 0.557. The zero-order valence-electron chi connectivity index (χ0n) is 10.0. The molecule has 0 unspecified atom stereocenters. The fraction of sp³-hybridized carbons (Fsp3) is 0.500. The number of rotatable bonds is 4. The molecule has 0 radical (unpaired) electrons. The molecule has 16 heavy (non-hydrogen) atoms.